The normalized spacial score (nSPS) is 14.6. The quantitative estimate of drug-likeness (QED) is 0.174. The minimum atomic E-state index is -0.572. The zero-order valence-electron chi connectivity index (χ0n) is 32.2. The van der Waals surface area contributed by atoms with Crippen LogP contribution in [-0.4, -0.2) is 0 Å². The molecule has 0 saturated heterocycles. The molecule has 0 aromatic heterocycles. The highest BCUT2D eigenvalue weighted by Gasteiger charge is 2.52. The van der Waals surface area contributed by atoms with Gasteiger partial charge in [0.1, 0.15) is 11.5 Å². The number of nitrogens with zero attached hydrogens (tertiary/aromatic N) is 1. The highest BCUT2D eigenvalue weighted by atomic mass is 16.5. The van der Waals surface area contributed by atoms with Gasteiger partial charge in [-0.1, -0.05) is 194 Å². The fourth-order valence-electron chi connectivity index (χ4n) is 10.1. The molecule has 0 radical (unpaired) electrons. The summed E-state index contributed by atoms with van der Waals surface area (Å²) in [6, 6.07) is 81.6. The standard InChI is InChI=1S/C57H37NO/c1-3-18-38(19-4-1)41-23-12-15-32-52(41)58(40-21-5-2-6-22-40)53-37-35-44(43-25-9-10-26-45(43)53)46-28-17-31-50-55(46)47-27-11-13-29-48(47)57(50)49-30-14-16-33-54(49)59-56-42-24-8-7-20-39(42)34-36-51(56)57/h1-37H. The van der Waals surface area contributed by atoms with Gasteiger partial charge in [0.05, 0.1) is 16.8 Å². The molecule has 1 aliphatic heterocycles. The lowest BCUT2D eigenvalue weighted by Crippen LogP contribution is -2.32. The Labute approximate surface area is 343 Å². The maximum atomic E-state index is 6.92. The molecule has 59 heavy (non-hydrogen) atoms. The second-order valence-electron chi connectivity index (χ2n) is 15.5. The minimum absolute atomic E-state index is 0.572. The molecule has 10 aromatic carbocycles. The highest BCUT2D eigenvalue weighted by Crippen LogP contribution is 2.64. The van der Waals surface area contributed by atoms with Crippen LogP contribution in [0.3, 0.4) is 0 Å². The van der Waals surface area contributed by atoms with Crippen molar-refractivity contribution in [1.82, 2.24) is 0 Å². The number of hydrogen-bond acceptors (Lipinski definition) is 2. The third kappa shape index (κ3) is 4.87. The summed E-state index contributed by atoms with van der Waals surface area (Å²) in [7, 11) is 0. The smallest absolute Gasteiger partial charge is 0.140 e. The lowest BCUT2D eigenvalue weighted by atomic mass is 9.65. The van der Waals surface area contributed by atoms with E-state index in [4.69, 9.17) is 4.74 Å². The molecule has 12 rings (SSSR count). The summed E-state index contributed by atoms with van der Waals surface area (Å²) in [5.41, 5.74) is 15.0. The summed E-state index contributed by atoms with van der Waals surface area (Å²) in [4.78, 5) is 2.42. The Hall–Kier alpha value is -7.68. The zero-order chi connectivity index (χ0) is 38.9. The maximum absolute atomic E-state index is 6.92. The molecule has 1 unspecified atom stereocenters. The Bertz CT molecular complexity index is 3260. The van der Waals surface area contributed by atoms with Gasteiger partial charge in [-0.2, -0.15) is 0 Å². The van der Waals surface area contributed by atoms with E-state index in [1.54, 1.807) is 0 Å². The Kier molecular flexibility index (Phi) is 7.48. The summed E-state index contributed by atoms with van der Waals surface area (Å²) in [5, 5.41) is 4.68. The van der Waals surface area contributed by atoms with E-state index in [1.807, 2.05) is 0 Å². The van der Waals surface area contributed by atoms with Gasteiger partial charge >= 0.3 is 0 Å². The second-order valence-corrected chi connectivity index (χ2v) is 15.5. The van der Waals surface area contributed by atoms with Gasteiger partial charge in [-0.15, -0.1) is 0 Å². The Balaban J connectivity index is 1.12. The summed E-state index contributed by atoms with van der Waals surface area (Å²) in [6.07, 6.45) is 0. The molecule has 10 aromatic rings. The topological polar surface area (TPSA) is 12.5 Å². The van der Waals surface area contributed by atoms with Gasteiger partial charge in [-0.25, -0.2) is 0 Å². The Morgan fingerprint density at radius 3 is 1.81 bits per heavy atom. The molecule has 0 amide bonds. The fraction of sp³-hybridized carbons (Fsp3) is 0.0175. The molecule has 1 aliphatic carbocycles. The molecule has 0 saturated carbocycles. The number of benzene rings is 10. The largest absolute Gasteiger partial charge is 0.456 e. The van der Waals surface area contributed by atoms with Gasteiger partial charge in [0, 0.05) is 33.2 Å². The molecule has 2 aliphatic rings. The van der Waals surface area contributed by atoms with E-state index < -0.39 is 5.41 Å². The number of ether oxygens (including phenoxy) is 1. The van der Waals surface area contributed by atoms with Gasteiger partial charge in [0.2, 0.25) is 0 Å². The predicted molar refractivity (Wildman–Crippen MR) is 244 cm³/mol. The molecular formula is C57H37NO. The van der Waals surface area contributed by atoms with Crippen LogP contribution in [0.2, 0.25) is 0 Å². The first-order chi connectivity index (χ1) is 29.3. The third-order valence-electron chi connectivity index (χ3n) is 12.5. The van der Waals surface area contributed by atoms with Crippen LogP contribution in [-0.2, 0) is 5.41 Å². The van der Waals surface area contributed by atoms with Gasteiger partial charge in [0.15, 0.2) is 0 Å². The second kappa shape index (κ2) is 13.2. The monoisotopic (exact) mass is 751 g/mol. The van der Waals surface area contributed by atoms with Crippen molar-refractivity contribution in [3.05, 3.63) is 247 Å². The number of anilines is 3. The first-order valence-electron chi connectivity index (χ1n) is 20.4. The van der Waals surface area contributed by atoms with Crippen LogP contribution >= 0.6 is 0 Å². The summed E-state index contributed by atoms with van der Waals surface area (Å²) in [5.74, 6) is 1.83. The summed E-state index contributed by atoms with van der Waals surface area (Å²) >= 11 is 0. The summed E-state index contributed by atoms with van der Waals surface area (Å²) in [6.45, 7) is 0. The van der Waals surface area contributed by atoms with Gasteiger partial charge in [-0.05, 0) is 80.0 Å². The van der Waals surface area contributed by atoms with E-state index in [0.717, 1.165) is 33.9 Å². The molecule has 2 heteroatoms. The molecule has 2 nitrogen and oxygen atoms in total. The lowest BCUT2D eigenvalue weighted by molar-refractivity contribution is 0.441. The molecule has 0 fully saturated rings. The van der Waals surface area contributed by atoms with Crippen molar-refractivity contribution >= 4 is 38.6 Å². The summed E-state index contributed by atoms with van der Waals surface area (Å²) < 4.78 is 6.92. The number of fused-ring (bicyclic) bond motifs is 12. The van der Waals surface area contributed by atoms with Crippen LogP contribution < -0.4 is 9.64 Å². The van der Waals surface area contributed by atoms with E-state index in [1.165, 1.54) is 71.8 Å². The molecule has 1 spiro atoms. The fourth-order valence-corrected chi connectivity index (χ4v) is 10.1. The molecule has 0 bridgehead atoms. The first kappa shape index (κ1) is 33.5. The van der Waals surface area contributed by atoms with Crippen molar-refractivity contribution in [1.29, 1.82) is 0 Å². The number of para-hydroxylation sites is 3. The zero-order valence-corrected chi connectivity index (χ0v) is 32.2. The predicted octanol–water partition coefficient (Wildman–Crippen LogP) is 15.3. The van der Waals surface area contributed by atoms with Crippen LogP contribution in [0.1, 0.15) is 22.3 Å². The highest BCUT2D eigenvalue weighted by molar-refractivity contribution is 6.10. The van der Waals surface area contributed by atoms with E-state index in [-0.39, 0.29) is 0 Å². The minimum Gasteiger partial charge on any atom is -0.456 e. The average molecular weight is 752 g/mol. The van der Waals surface area contributed by atoms with Crippen LogP contribution in [0, 0.1) is 0 Å². The van der Waals surface area contributed by atoms with Crippen molar-refractivity contribution in [2.24, 2.45) is 0 Å². The van der Waals surface area contributed by atoms with Crippen LogP contribution in [0.25, 0.3) is 54.9 Å². The Morgan fingerprint density at radius 1 is 0.339 bits per heavy atom. The maximum Gasteiger partial charge on any atom is 0.140 e. The third-order valence-corrected chi connectivity index (χ3v) is 12.5. The molecule has 0 N–H and O–H groups in total. The molecular weight excluding hydrogens is 715 g/mol. The van der Waals surface area contributed by atoms with Crippen LogP contribution in [0.5, 0.6) is 11.5 Å². The molecule has 1 atom stereocenters. The number of hydrogen-bond donors (Lipinski definition) is 0. The van der Waals surface area contributed by atoms with Crippen molar-refractivity contribution in [2.75, 3.05) is 4.90 Å². The van der Waals surface area contributed by atoms with E-state index in [2.05, 4.69) is 229 Å². The van der Waals surface area contributed by atoms with Crippen molar-refractivity contribution < 1.29 is 4.74 Å². The van der Waals surface area contributed by atoms with Crippen LogP contribution in [0.15, 0.2) is 224 Å². The van der Waals surface area contributed by atoms with Crippen molar-refractivity contribution in [2.45, 2.75) is 5.41 Å². The first-order valence-corrected chi connectivity index (χ1v) is 20.4. The molecule has 276 valence electrons. The average Bonchev–Trinajstić information content (AvgIpc) is 3.61. The van der Waals surface area contributed by atoms with Gasteiger partial charge in [0.25, 0.3) is 0 Å². The van der Waals surface area contributed by atoms with Crippen LogP contribution in [0.4, 0.5) is 17.1 Å². The van der Waals surface area contributed by atoms with Gasteiger partial charge < -0.3 is 9.64 Å². The van der Waals surface area contributed by atoms with E-state index in [0.29, 0.717) is 0 Å². The SMILES string of the molecule is c1ccc(-c2ccccc2N(c2ccccc2)c2ccc(-c3cccc4c3-c3ccccc3C43c4ccccc4Oc4c3ccc3ccccc43)c3ccccc23)cc1. The Morgan fingerprint density at radius 2 is 0.966 bits per heavy atom. The van der Waals surface area contributed by atoms with Crippen molar-refractivity contribution in [3.63, 3.8) is 0 Å². The van der Waals surface area contributed by atoms with Crippen molar-refractivity contribution in [3.8, 4) is 44.9 Å². The van der Waals surface area contributed by atoms with E-state index in [9.17, 15) is 0 Å². The molecule has 1 heterocycles. The lowest BCUT2D eigenvalue weighted by Gasteiger charge is -2.39. The number of rotatable bonds is 5. The van der Waals surface area contributed by atoms with E-state index >= 15 is 0 Å². The van der Waals surface area contributed by atoms with Gasteiger partial charge in [-0.3, -0.25) is 0 Å².